The molecule has 2 aromatic heterocycles. The van der Waals surface area contributed by atoms with E-state index in [1.54, 1.807) is 17.4 Å². The first-order valence-corrected chi connectivity index (χ1v) is 10.8. The summed E-state index contributed by atoms with van der Waals surface area (Å²) in [7, 11) is 0. The third-order valence-corrected chi connectivity index (χ3v) is 6.90. The number of hydrogen-bond acceptors (Lipinski definition) is 5. The molecular formula is C21H24N4OS. The van der Waals surface area contributed by atoms with Gasteiger partial charge >= 0.3 is 0 Å². The molecule has 3 aromatic rings. The maximum absolute atomic E-state index is 12.6. The van der Waals surface area contributed by atoms with Gasteiger partial charge < -0.3 is 4.90 Å². The zero-order valence-electron chi connectivity index (χ0n) is 15.4. The molecule has 5 rings (SSSR count). The lowest BCUT2D eigenvalue weighted by Crippen LogP contribution is -2.30. The van der Waals surface area contributed by atoms with Crippen molar-refractivity contribution in [1.82, 2.24) is 14.6 Å². The zero-order chi connectivity index (χ0) is 18.2. The molecule has 27 heavy (non-hydrogen) atoms. The van der Waals surface area contributed by atoms with Crippen LogP contribution in [0.5, 0.6) is 0 Å². The van der Waals surface area contributed by atoms with Crippen LogP contribution < -0.4 is 10.5 Å². The fraction of sp³-hybridized carbons (Fsp3) is 0.476. The Labute approximate surface area is 162 Å². The van der Waals surface area contributed by atoms with Crippen molar-refractivity contribution in [3.63, 3.8) is 0 Å². The second kappa shape index (κ2) is 7.08. The van der Waals surface area contributed by atoms with Gasteiger partial charge in [0.1, 0.15) is 5.01 Å². The van der Waals surface area contributed by atoms with Gasteiger partial charge in [-0.05, 0) is 37.3 Å². The van der Waals surface area contributed by atoms with Crippen molar-refractivity contribution in [1.29, 1.82) is 0 Å². The summed E-state index contributed by atoms with van der Waals surface area (Å²) < 4.78 is 1.50. The van der Waals surface area contributed by atoms with E-state index >= 15 is 0 Å². The number of para-hydroxylation sites is 1. The van der Waals surface area contributed by atoms with E-state index in [1.165, 1.54) is 47.9 Å². The van der Waals surface area contributed by atoms with E-state index in [2.05, 4.69) is 34.3 Å². The highest BCUT2D eigenvalue weighted by Gasteiger charge is 2.22. The molecule has 0 atom stereocenters. The molecule has 0 saturated heterocycles. The Morgan fingerprint density at radius 3 is 2.85 bits per heavy atom. The summed E-state index contributed by atoms with van der Waals surface area (Å²) in [6, 6.07) is 10.2. The summed E-state index contributed by atoms with van der Waals surface area (Å²) in [4.78, 5) is 20.5. The van der Waals surface area contributed by atoms with Crippen LogP contribution in [0.3, 0.4) is 0 Å². The number of aromatic nitrogens is 3. The minimum Gasteiger partial charge on any atom is -0.365 e. The van der Waals surface area contributed by atoms with Crippen LogP contribution in [0.1, 0.15) is 60.7 Å². The van der Waals surface area contributed by atoms with Crippen molar-refractivity contribution in [2.45, 2.75) is 57.4 Å². The molecule has 1 saturated carbocycles. The van der Waals surface area contributed by atoms with E-state index in [1.807, 2.05) is 0 Å². The summed E-state index contributed by atoms with van der Waals surface area (Å²) in [5.74, 6) is 0.502. The lowest BCUT2D eigenvalue weighted by molar-refractivity contribution is 0.439. The SMILES string of the molecule is O=c1cc(CN2CCCc3ccccc32)nc2sc(C3CCCCC3)nn12. The van der Waals surface area contributed by atoms with Gasteiger partial charge in [-0.15, -0.1) is 0 Å². The van der Waals surface area contributed by atoms with Crippen LogP contribution in [-0.2, 0) is 13.0 Å². The molecule has 5 nitrogen and oxygen atoms in total. The number of nitrogens with zero attached hydrogens (tertiary/aromatic N) is 4. The molecule has 1 aromatic carbocycles. The number of rotatable bonds is 3. The van der Waals surface area contributed by atoms with E-state index in [0.29, 0.717) is 12.5 Å². The third kappa shape index (κ3) is 3.27. The van der Waals surface area contributed by atoms with E-state index < -0.39 is 0 Å². The van der Waals surface area contributed by atoms with E-state index in [9.17, 15) is 4.79 Å². The van der Waals surface area contributed by atoms with Gasteiger partial charge in [0, 0.05) is 24.2 Å². The summed E-state index contributed by atoms with van der Waals surface area (Å²) >= 11 is 1.60. The minimum atomic E-state index is -0.0568. The molecule has 0 unspecified atom stereocenters. The van der Waals surface area contributed by atoms with E-state index in [4.69, 9.17) is 4.98 Å². The first-order valence-electron chi connectivity index (χ1n) is 10.0. The standard InChI is InChI=1S/C21H24N4OS/c26-19-13-17(14-24-12-6-10-15-7-4-5-11-18(15)24)22-21-25(19)23-20(27-21)16-8-2-1-3-9-16/h4-5,7,11,13,16H,1-3,6,8-10,12,14H2. The number of aryl methyl sites for hydroxylation is 1. The van der Waals surface area contributed by atoms with Crippen LogP contribution in [0.4, 0.5) is 5.69 Å². The van der Waals surface area contributed by atoms with Gasteiger partial charge in [0.15, 0.2) is 0 Å². The largest absolute Gasteiger partial charge is 0.365 e. The van der Waals surface area contributed by atoms with Gasteiger partial charge in [0.2, 0.25) is 4.96 Å². The molecular weight excluding hydrogens is 356 g/mol. The van der Waals surface area contributed by atoms with Crippen molar-refractivity contribution in [3.8, 4) is 0 Å². The maximum Gasteiger partial charge on any atom is 0.275 e. The number of hydrogen-bond donors (Lipinski definition) is 0. The van der Waals surface area contributed by atoms with Gasteiger partial charge in [-0.25, -0.2) is 4.98 Å². The monoisotopic (exact) mass is 380 g/mol. The molecule has 0 spiro atoms. The second-order valence-electron chi connectivity index (χ2n) is 7.71. The summed E-state index contributed by atoms with van der Waals surface area (Å²) in [6.07, 6.45) is 8.50. The fourth-order valence-corrected chi connectivity index (χ4v) is 5.53. The van der Waals surface area contributed by atoms with Crippen molar-refractivity contribution in [3.05, 3.63) is 57.0 Å². The Morgan fingerprint density at radius 1 is 1.11 bits per heavy atom. The number of benzene rings is 1. The number of fused-ring (bicyclic) bond motifs is 2. The molecule has 1 aliphatic heterocycles. The average Bonchev–Trinajstić information content (AvgIpc) is 3.14. The van der Waals surface area contributed by atoms with Gasteiger partial charge in [0.25, 0.3) is 5.56 Å². The summed E-state index contributed by atoms with van der Waals surface area (Å²) in [6.45, 7) is 1.69. The number of anilines is 1. The summed E-state index contributed by atoms with van der Waals surface area (Å²) in [5, 5.41) is 5.69. The van der Waals surface area contributed by atoms with Gasteiger partial charge in [-0.1, -0.05) is 48.8 Å². The molecule has 6 heteroatoms. The Morgan fingerprint density at radius 2 is 1.96 bits per heavy atom. The highest BCUT2D eigenvalue weighted by atomic mass is 32.1. The lowest BCUT2D eigenvalue weighted by atomic mass is 9.90. The second-order valence-corrected chi connectivity index (χ2v) is 8.70. The maximum atomic E-state index is 12.6. The van der Waals surface area contributed by atoms with Crippen LogP contribution in [0, 0.1) is 0 Å². The van der Waals surface area contributed by atoms with Crippen LogP contribution in [0.2, 0.25) is 0 Å². The summed E-state index contributed by atoms with van der Waals surface area (Å²) in [5.41, 5.74) is 3.45. The predicted molar refractivity (Wildman–Crippen MR) is 109 cm³/mol. The van der Waals surface area contributed by atoms with E-state index in [-0.39, 0.29) is 5.56 Å². The zero-order valence-corrected chi connectivity index (χ0v) is 16.2. The van der Waals surface area contributed by atoms with E-state index in [0.717, 1.165) is 35.0 Å². The first-order chi connectivity index (χ1) is 13.3. The molecule has 0 radical (unpaired) electrons. The molecule has 1 aliphatic carbocycles. The molecule has 0 N–H and O–H groups in total. The van der Waals surface area contributed by atoms with Gasteiger partial charge in [-0.2, -0.15) is 9.61 Å². The van der Waals surface area contributed by atoms with Crippen molar-refractivity contribution < 1.29 is 0 Å². The Balaban J connectivity index is 1.45. The average molecular weight is 381 g/mol. The van der Waals surface area contributed by atoms with Crippen LogP contribution in [0.25, 0.3) is 4.96 Å². The van der Waals surface area contributed by atoms with Crippen LogP contribution in [0.15, 0.2) is 35.1 Å². The lowest BCUT2D eigenvalue weighted by Gasteiger charge is -2.30. The molecule has 2 aliphatic rings. The highest BCUT2D eigenvalue weighted by molar-refractivity contribution is 7.16. The van der Waals surface area contributed by atoms with Crippen molar-refractivity contribution in [2.24, 2.45) is 0 Å². The van der Waals surface area contributed by atoms with Gasteiger partial charge in [-0.3, -0.25) is 4.79 Å². The smallest absolute Gasteiger partial charge is 0.275 e. The normalized spacial score (nSPS) is 18.0. The van der Waals surface area contributed by atoms with Crippen molar-refractivity contribution in [2.75, 3.05) is 11.4 Å². The molecule has 140 valence electrons. The highest BCUT2D eigenvalue weighted by Crippen LogP contribution is 2.34. The van der Waals surface area contributed by atoms with Crippen LogP contribution >= 0.6 is 11.3 Å². The molecule has 3 heterocycles. The Hall–Kier alpha value is -2.21. The third-order valence-electron chi connectivity index (χ3n) is 5.83. The molecule has 0 bridgehead atoms. The first kappa shape index (κ1) is 16.9. The Bertz CT molecular complexity index is 1020. The fourth-order valence-electron chi connectivity index (χ4n) is 4.44. The predicted octanol–water partition coefficient (Wildman–Crippen LogP) is 4.15. The van der Waals surface area contributed by atoms with Gasteiger partial charge in [0.05, 0.1) is 12.2 Å². The molecule has 1 fully saturated rings. The quantitative estimate of drug-likeness (QED) is 0.685. The Kier molecular flexibility index (Phi) is 4.44. The minimum absolute atomic E-state index is 0.0568. The van der Waals surface area contributed by atoms with Crippen LogP contribution in [-0.4, -0.2) is 21.1 Å². The van der Waals surface area contributed by atoms with Crippen molar-refractivity contribution >= 4 is 22.0 Å². The topological polar surface area (TPSA) is 50.5 Å². The molecule has 0 amide bonds.